The summed E-state index contributed by atoms with van der Waals surface area (Å²) in [5, 5.41) is 1.03. The molecule has 2 aliphatic heterocycles. The van der Waals surface area contributed by atoms with Crippen LogP contribution in [0, 0.1) is 19.3 Å². The van der Waals surface area contributed by atoms with Gasteiger partial charge in [-0.3, -0.25) is 8.77 Å². The van der Waals surface area contributed by atoms with E-state index in [4.69, 9.17) is 4.74 Å². The highest BCUT2D eigenvalue weighted by molar-refractivity contribution is 7.83. The van der Waals surface area contributed by atoms with Gasteiger partial charge in [0.2, 0.25) is 17.7 Å². The maximum atomic E-state index is 14.0. The number of methoxy groups -OCH3 is 1. The zero-order chi connectivity index (χ0) is 27.1. The van der Waals surface area contributed by atoms with Crippen LogP contribution >= 0.6 is 0 Å². The van der Waals surface area contributed by atoms with Crippen molar-refractivity contribution in [1.29, 1.82) is 0 Å². The number of para-hydroxylation sites is 1. The summed E-state index contributed by atoms with van der Waals surface area (Å²) < 4.78 is 20.7. The topological polar surface area (TPSA) is 80.6 Å². The van der Waals surface area contributed by atoms with Crippen LogP contribution in [-0.2, 0) is 22.3 Å². The molecule has 1 amide bonds. The van der Waals surface area contributed by atoms with Crippen LogP contribution in [0.2, 0.25) is 0 Å². The molecule has 39 heavy (non-hydrogen) atoms. The molecule has 1 spiro atoms. The summed E-state index contributed by atoms with van der Waals surface area (Å²) in [5.74, 6) is 1.34. The van der Waals surface area contributed by atoms with E-state index >= 15 is 0 Å². The Morgan fingerprint density at radius 1 is 1.03 bits per heavy atom. The first-order chi connectivity index (χ1) is 18.9. The lowest BCUT2D eigenvalue weighted by Crippen LogP contribution is -2.49. The van der Waals surface area contributed by atoms with Crippen LogP contribution in [0.15, 0.2) is 65.7 Å². The van der Waals surface area contributed by atoms with Crippen molar-refractivity contribution in [3.63, 3.8) is 0 Å². The number of hydrogen-bond donors (Lipinski definition) is 0. The molecule has 0 bridgehead atoms. The molecule has 4 aromatic rings. The highest BCUT2D eigenvalue weighted by Crippen LogP contribution is 2.42. The van der Waals surface area contributed by atoms with E-state index in [0.717, 1.165) is 65.0 Å². The second kappa shape index (κ2) is 10.1. The maximum Gasteiger partial charge on any atom is 0.230 e. The number of fused-ring (bicyclic) bond motifs is 1. The Morgan fingerprint density at radius 3 is 2.62 bits per heavy atom. The highest BCUT2D eigenvalue weighted by atomic mass is 32.2. The van der Waals surface area contributed by atoms with E-state index < -0.39 is 16.4 Å². The molecule has 0 N–H and O–H groups in total. The maximum absolute atomic E-state index is 14.0. The molecule has 2 aromatic carbocycles. The molecule has 2 aromatic heterocycles. The fraction of sp³-hybridized carbons (Fsp3) is 0.367. The number of carbonyl (C=O) groups excluding carboxylic acids is 1. The van der Waals surface area contributed by atoms with Gasteiger partial charge in [-0.2, -0.15) is 4.98 Å². The summed E-state index contributed by atoms with van der Waals surface area (Å²) in [6, 6.07) is 17.6. The van der Waals surface area contributed by atoms with Gasteiger partial charge < -0.3 is 14.5 Å². The van der Waals surface area contributed by atoms with E-state index in [2.05, 4.69) is 20.9 Å². The fourth-order valence-corrected chi connectivity index (χ4v) is 7.11. The summed E-state index contributed by atoms with van der Waals surface area (Å²) >= 11 is 0. The van der Waals surface area contributed by atoms with Crippen LogP contribution in [0.1, 0.15) is 36.1 Å². The van der Waals surface area contributed by atoms with Gasteiger partial charge in [-0.1, -0.05) is 35.9 Å². The first-order valence-corrected chi connectivity index (χ1v) is 14.5. The Hall–Kier alpha value is -3.72. The minimum atomic E-state index is -1.38. The molecular weight excluding hydrogens is 510 g/mol. The smallest absolute Gasteiger partial charge is 0.230 e. The summed E-state index contributed by atoms with van der Waals surface area (Å²) in [7, 11) is 0.223. The number of nitrogens with zero attached hydrogens (tertiary/aromatic N) is 5. The van der Waals surface area contributed by atoms with E-state index in [1.54, 1.807) is 7.11 Å². The Morgan fingerprint density at radius 2 is 1.82 bits per heavy atom. The Balaban J connectivity index is 1.26. The zero-order valence-electron chi connectivity index (χ0n) is 22.6. The number of rotatable bonds is 6. The lowest BCUT2D eigenvalue weighted by molar-refractivity contribution is -0.145. The van der Waals surface area contributed by atoms with Crippen LogP contribution in [0.5, 0.6) is 5.88 Å². The predicted octanol–water partition coefficient (Wildman–Crippen LogP) is 4.65. The molecule has 0 aliphatic carbocycles. The van der Waals surface area contributed by atoms with Crippen LogP contribution in [-0.4, -0.2) is 55.7 Å². The minimum Gasteiger partial charge on any atom is -0.481 e. The number of aromatic nitrogens is 3. The van der Waals surface area contributed by atoms with Gasteiger partial charge in [0.05, 0.1) is 22.9 Å². The summed E-state index contributed by atoms with van der Waals surface area (Å²) in [4.78, 5) is 28.0. The number of anilines is 1. The number of ether oxygens (including phenoxy) is 1. The van der Waals surface area contributed by atoms with Crippen molar-refractivity contribution in [2.24, 2.45) is 5.41 Å². The van der Waals surface area contributed by atoms with Gasteiger partial charge in [-0.15, -0.1) is 0 Å². The van der Waals surface area contributed by atoms with Gasteiger partial charge in [-0.05, 0) is 56.9 Å². The van der Waals surface area contributed by atoms with Gasteiger partial charge >= 0.3 is 0 Å². The lowest BCUT2D eigenvalue weighted by atomic mass is 9.78. The van der Waals surface area contributed by atoms with Crippen LogP contribution in [0.25, 0.3) is 10.9 Å². The number of aryl methyl sites for hydroxylation is 2. The summed E-state index contributed by atoms with van der Waals surface area (Å²) in [6.07, 6.45) is 4.55. The molecule has 2 atom stereocenters. The van der Waals surface area contributed by atoms with Crippen molar-refractivity contribution in [2.75, 3.05) is 31.6 Å². The number of carbonyl (C=O) groups is 1. The van der Waals surface area contributed by atoms with Gasteiger partial charge in [-0.25, -0.2) is 9.19 Å². The Labute approximate surface area is 231 Å². The molecule has 4 heterocycles. The first-order valence-electron chi connectivity index (χ1n) is 13.4. The number of benzene rings is 2. The molecule has 6 rings (SSSR count). The number of amides is 1. The van der Waals surface area contributed by atoms with E-state index in [9.17, 15) is 9.00 Å². The van der Waals surface area contributed by atoms with E-state index in [1.807, 2.05) is 77.4 Å². The molecule has 8 nitrogen and oxygen atoms in total. The SMILES string of the molecule is COc1cc(C)nc(N2CCC3(CCCN(Cc4cn(S(=O)c5ccc(C)cc5)c5ccccc45)C3=O)C2)n1. The first kappa shape index (κ1) is 25.6. The monoisotopic (exact) mass is 543 g/mol. The minimum absolute atomic E-state index is 0.187. The third-order valence-corrected chi connectivity index (χ3v) is 9.35. The Bertz CT molecular complexity index is 1570. The molecule has 2 saturated heterocycles. The molecule has 9 heteroatoms. The molecule has 2 unspecified atom stereocenters. The average Bonchev–Trinajstić information content (AvgIpc) is 3.54. The molecule has 0 radical (unpaired) electrons. The normalized spacial score (nSPS) is 20.2. The molecule has 202 valence electrons. The zero-order valence-corrected chi connectivity index (χ0v) is 23.4. The van der Waals surface area contributed by atoms with Crippen LogP contribution in [0.4, 0.5) is 5.95 Å². The van der Waals surface area contributed by atoms with Crippen molar-refractivity contribution in [1.82, 2.24) is 18.8 Å². The van der Waals surface area contributed by atoms with E-state index in [0.29, 0.717) is 24.9 Å². The summed E-state index contributed by atoms with van der Waals surface area (Å²) in [6.45, 7) is 6.50. The van der Waals surface area contributed by atoms with Crippen molar-refractivity contribution in [3.05, 3.63) is 77.6 Å². The second-order valence-corrected chi connectivity index (χ2v) is 12.1. The van der Waals surface area contributed by atoms with Crippen molar-refractivity contribution >= 4 is 33.7 Å². The molecular formula is C30H33N5O3S. The van der Waals surface area contributed by atoms with E-state index in [1.165, 1.54) is 0 Å². The van der Waals surface area contributed by atoms with Crippen LogP contribution < -0.4 is 9.64 Å². The van der Waals surface area contributed by atoms with E-state index in [-0.39, 0.29) is 5.91 Å². The van der Waals surface area contributed by atoms with Crippen molar-refractivity contribution < 1.29 is 13.7 Å². The summed E-state index contributed by atoms with van der Waals surface area (Å²) in [5.41, 5.74) is 3.45. The van der Waals surface area contributed by atoms with Gasteiger partial charge in [0.1, 0.15) is 0 Å². The second-order valence-electron chi connectivity index (χ2n) is 10.7. The van der Waals surface area contributed by atoms with Crippen molar-refractivity contribution in [2.45, 2.75) is 44.6 Å². The van der Waals surface area contributed by atoms with Gasteiger partial charge in [0.25, 0.3) is 0 Å². The van der Waals surface area contributed by atoms with Gasteiger partial charge in [0, 0.05) is 49.5 Å². The molecule has 2 aliphatic rings. The predicted molar refractivity (Wildman–Crippen MR) is 152 cm³/mol. The largest absolute Gasteiger partial charge is 0.481 e. The van der Waals surface area contributed by atoms with Gasteiger partial charge in [0.15, 0.2) is 11.0 Å². The molecule has 2 fully saturated rings. The quantitative estimate of drug-likeness (QED) is 0.352. The van der Waals surface area contributed by atoms with Crippen LogP contribution in [0.3, 0.4) is 0 Å². The van der Waals surface area contributed by atoms with Crippen molar-refractivity contribution in [3.8, 4) is 5.88 Å². The molecule has 0 saturated carbocycles. The highest BCUT2D eigenvalue weighted by Gasteiger charge is 2.49. The third kappa shape index (κ3) is 4.69. The number of likely N-dealkylation sites (tertiary alicyclic amines) is 1. The number of piperidine rings is 1. The lowest BCUT2D eigenvalue weighted by Gasteiger charge is -2.39. The average molecular weight is 544 g/mol. The Kier molecular flexibility index (Phi) is 6.62. The standard InChI is InChI=1S/C30H33N5O3S/c1-21-9-11-24(12-10-21)39(37)35-19-23(25-7-4-5-8-26(25)35)18-33-15-6-13-30(28(33)36)14-16-34(20-30)29-31-22(2)17-27(32-29)38-3/h4-5,7-12,17,19H,6,13-16,18,20H2,1-3H3. The number of hydrogen-bond acceptors (Lipinski definition) is 6. The fourth-order valence-electron chi connectivity index (χ4n) is 5.95. The third-order valence-electron chi connectivity index (χ3n) is 8.01.